The Bertz CT molecular complexity index is 1070. The number of ether oxygens (including phenoxy) is 2. The first-order valence-electron chi connectivity index (χ1n) is 7.78. The van der Waals surface area contributed by atoms with Crippen molar-refractivity contribution in [1.82, 2.24) is 14.6 Å². The molecule has 0 spiro atoms. The molecule has 6 nitrogen and oxygen atoms in total. The van der Waals surface area contributed by atoms with E-state index in [0.29, 0.717) is 17.0 Å². The maximum absolute atomic E-state index is 12.5. The van der Waals surface area contributed by atoms with Gasteiger partial charge in [-0.1, -0.05) is 36.4 Å². The third-order valence-corrected chi connectivity index (χ3v) is 4.01. The van der Waals surface area contributed by atoms with Crippen LogP contribution in [0, 0.1) is 0 Å². The number of benzene rings is 2. The molecule has 0 radical (unpaired) electrons. The summed E-state index contributed by atoms with van der Waals surface area (Å²) in [5, 5.41) is 5.24. The molecule has 2 aromatic heterocycles. The Hall–Kier alpha value is -3.41. The van der Waals surface area contributed by atoms with Gasteiger partial charge in [-0.25, -0.2) is 14.3 Å². The number of aromatic nitrogens is 3. The Kier molecular flexibility index (Phi) is 3.78. The number of rotatable bonds is 4. The van der Waals surface area contributed by atoms with Crippen molar-refractivity contribution in [2.75, 3.05) is 7.11 Å². The first kappa shape index (κ1) is 15.1. The predicted molar refractivity (Wildman–Crippen MR) is 92.6 cm³/mol. The zero-order chi connectivity index (χ0) is 17.2. The molecule has 0 N–H and O–H groups in total. The average Bonchev–Trinajstić information content (AvgIpc) is 3.11. The van der Waals surface area contributed by atoms with Crippen LogP contribution >= 0.6 is 0 Å². The van der Waals surface area contributed by atoms with Gasteiger partial charge in [-0.05, 0) is 12.1 Å². The molecule has 0 fully saturated rings. The number of para-hydroxylation sites is 2. The van der Waals surface area contributed by atoms with Gasteiger partial charge in [0.15, 0.2) is 5.65 Å². The number of carbonyl (C=O) groups excluding carboxylic acids is 1. The van der Waals surface area contributed by atoms with Gasteiger partial charge in [-0.2, -0.15) is 5.10 Å². The molecule has 0 bridgehead atoms. The van der Waals surface area contributed by atoms with Gasteiger partial charge in [0.1, 0.15) is 17.9 Å². The molecular formula is C19H15N3O3. The topological polar surface area (TPSA) is 65.7 Å². The normalized spacial score (nSPS) is 10.9. The van der Waals surface area contributed by atoms with E-state index in [2.05, 4.69) is 10.1 Å². The molecule has 124 valence electrons. The highest BCUT2D eigenvalue weighted by Crippen LogP contribution is 2.20. The van der Waals surface area contributed by atoms with Crippen LogP contribution in [-0.4, -0.2) is 27.7 Å². The summed E-state index contributed by atoms with van der Waals surface area (Å²) in [6.07, 6.45) is 3.21. The zero-order valence-corrected chi connectivity index (χ0v) is 13.5. The minimum absolute atomic E-state index is 0.119. The quantitative estimate of drug-likeness (QED) is 0.536. The van der Waals surface area contributed by atoms with Gasteiger partial charge in [0, 0.05) is 17.1 Å². The Balaban J connectivity index is 1.63. The van der Waals surface area contributed by atoms with Crippen LogP contribution in [0.4, 0.5) is 0 Å². The lowest BCUT2D eigenvalue weighted by Crippen LogP contribution is -2.06. The highest BCUT2D eigenvalue weighted by molar-refractivity contribution is 5.97. The molecule has 0 unspecified atom stereocenters. The van der Waals surface area contributed by atoms with Gasteiger partial charge in [0.25, 0.3) is 0 Å². The van der Waals surface area contributed by atoms with Crippen molar-refractivity contribution in [2.24, 2.45) is 0 Å². The molecule has 0 aliphatic carbocycles. The van der Waals surface area contributed by atoms with Crippen molar-refractivity contribution in [3.8, 4) is 5.75 Å². The van der Waals surface area contributed by atoms with Crippen molar-refractivity contribution >= 4 is 22.5 Å². The smallest absolute Gasteiger partial charge is 0.343 e. The number of fused-ring (bicyclic) bond motifs is 3. The van der Waals surface area contributed by atoms with E-state index in [1.807, 2.05) is 48.5 Å². The fourth-order valence-electron chi connectivity index (χ4n) is 2.75. The number of methoxy groups -OCH3 is 1. The number of carbonyl (C=O) groups is 1. The fourth-order valence-corrected chi connectivity index (χ4v) is 2.75. The monoisotopic (exact) mass is 333 g/mol. The second-order valence-corrected chi connectivity index (χ2v) is 5.50. The molecule has 6 heteroatoms. The molecule has 0 saturated heterocycles. The standard InChI is InChI=1S/C19H15N3O3/c1-24-17-9-5-3-7-14(17)12-25-19(23)15-11-21-22-16-8-4-2-6-13(16)10-20-18(15)22/h2-11H,12H2,1H3. The minimum atomic E-state index is -0.469. The van der Waals surface area contributed by atoms with E-state index in [1.165, 1.54) is 6.20 Å². The number of hydrogen-bond donors (Lipinski definition) is 0. The summed E-state index contributed by atoms with van der Waals surface area (Å²) >= 11 is 0. The number of esters is 1. The van der Waals surface area contributed by atoms with Gasteiger partial charge in [-0.3, -0.25) is 0 Å². The second-order valence-electron chi connectivity index (χ2n) is 5.50. The predicted octanol–water partition coefficient (Wildman–Crippen LogP) is 3.25. The maximum atomic E-state index is 12.5. The van der Waals surface area contributed by atoms with Crippen LogP contribution in [0.15, 0.2) is 60.9 Å². The second kappa shape index (κ2) is 6.24. The van der Waals surface area contributed by atoms with E-state index in [9.17, 15) is 4.79 Å². The molecule has 0 aliphatic rings. The van der Waals surface area contributed by atoms with Crippen LogP contribution in [-0.2, 0) is 11.3 Å². The Morgan fingerprint density at radius 1 is 1.08 bits per heavy atom. The lowest BCUT2D eigenvalue weighted by Gasteiger charge is -2.08. The lowest BCUT2D eigenvalue weighted by atomic mass is 10.2. The van der Waals surface area contributed by atoms with Crippen molar-refractivity contribution in [1.29, 1.82) is 0 Å². The molecule has 2 aromatic carbocycles. The summed E-state index contributed by atoms with van der Waals surface area (Å²) in [6.45, 7) is 0.119. The largest absolute Gasteiger partial charge is 0.496 e. The van der Waals surface area contributed by atoms with Crippen LogP contribution < -0.4 is 4.74 Å². The molecular weight excluding hydrogens is 318 g/mol. The van der Waals surface area contributed by atoms with Crippen LogP contribution in [0.5, 0.6) is 5.75 Å². The van der Waals surface area contributed by atoms with Crippen LogP contribution in [0.25, 0.3) is 16.6 Å². The summed E-state index contributed by atoms with van der Waals surface area (Å²) in [5.41, 5.74) is 2.49. The van der Waals surface area contributed by atoms with Crippen molar-refractivity contribution in [2.45, 2.75) is 6.61 Å². The minimum Gasteiger partial charge on any atom is -0.496 e. The van der Waals surface area contributed by atoms with E-state index in [0.717, 1.165) is 16.5 Å². The van der Waals surface area contributed by atoms with Crippen LogP contribution in [0.2, 0.25) is 0 Å². The highest BCUT2D eigenvalue weighted by atomic mass is 16.5. The first-order chi connectivity index (χ1) is 12.3. The van der Waals surface area contributed by atoms with E-state index < -0.39 is 5.97 Å². The lowest BCUT2D eigenvalue weighted by molar-refractivity contribution is 0.0472. The van der Waals surface area contributed by atoms with E-state index in [4.69, 9.17) is 9.47 Å². The van der Waals surface area contributed by atoms with Gasteiger partial charge in [0.2, 0.25) is 0 Å². The summed E-state index contributed by atoms with van der Waals surface area (Å²) in [6, 6.07) is 15.1. The van der Waals surface area contributed by atoms with E-state index in [-0.39, 0.29) is 6.61 Å². The van der Waals surface area contributed by atoms with E-state index in [1.54, 1.807) is 17.8 Å². The van der Waals surface area contributed by atoms with Gasteiger partial charge >= 0.3 is 5.97 Å². The van der Waals surface area contributed by atoms with Gasteiger partial charge in [0.05, 0.1) is 18.8 Å². The molecule has 4 rings (SSSR count). The highest BCUT2D eigenvalue weighted by Gasteiger charge is 2.17. The average molecular weight is 333 g/mol. The van der Waals surface area contributed by atoms with Crippen LogP contribution in [0.1, 0.15) is 15.9 Å². The maximum Gasteiger partial charge on any atom is 0.343 e. The molecule has 2 heterocycles. The molecule has 0 aliphatic heterocycles. The molecule has 0 amide bonds. The summed E-state index contributed by atoms with van der Waals surface area (Å²) in [5.74, 6) is 0.211. The summed E-state index contributed by atoms with van der Waals surface area (Å²) in [7, 11) is 1.58. The van der Waals surface area contributed by atoms with Crippen molar-refractivity contribution in [3.05, 3.63) is 72.1 Å². The Morgan fingerprint density at radius 2 is 1.88 bits per heavy atom. The first-order valence-corrected chi connectivity index (χ1v) is 7.78. The summed E-state index contributed by atoms with van der Waals surface area (Å²) in [4.78, 5) is 16.8. The van der Waals surface area contributed by atoms with Crippen LogP contribution in [0.3, 0.4) is 0 Å². The Morgan fingerprint density at radius 3 is 2.76 bits per heavy atom. The molecule has 0 saturated carbocycles. The molecule has 25 heavy (non-hydrogen) atoms. The molecule has 4 aromatic rings. The number of nitrogens with zero attached hydrogens (tertiary/aromatic N) is 3. The van der Waals surface area contributed by atoms with Gasteiger partial charge < -0.3 is 9.47 Å². The third kappa shape index (κ3) is 2.67. The summed E-state index contributed by atoms with van der Waals surface area (Å²) < 4.78 is 12.3. The fraction of sp³-hybridized carbons (Fsp3) is 0.105. The Labute approximate surface area is 143 Å². The van der Waals surface area contributed by atoms with Crippen molar-refractivity contribution in [3.63, 3.8) is 0 Å². The van der Waals surface area contributed by atoms with Gasteiger partial charge in [-0.15, -0.1) is 0 Å². The molecule has 0 atom stereocenters. The zero-order valence-electron chi connectivity index (χ0n) is 13.5. The third-order valence-electron chi connectivity index (χ3n) is 4.01. The van der Waals surface area contributed by atoms with E-state index >= 15 is 0 Å². The SMILES string of the molecule is COc1ccccc1COC(=O)c1cnn2c1ncc1ccccc12. The van der Waals surface area contributed by atoms with Crippen molar-refractivity contribution < 1.29 is 14.3 Å². The number of hydrogen-bond acceptors (Lipinski definition) is 5.